The van der Waals surface area contributed by atoms with Gasteiger partial charge in [0.25, 0.3) is 0 Å². The fraction of sp³-hybridized carbons (Fsp3) is 0.920. The molecular formula is C25H40O4. The highest BCUT2D eigenvalue weighted by Gasteiger charge is 2.68. The zero-order chi connectivity index (χ0) is 21.2. The van der Waals surface area contributed by atoms with Crippen molar-refractivity contribution in [2.45, 2.75) is 98.5 Å². The molecule has 0 N–H and O–H groups in total. The second-order valence-corrected chi connectivity index (χ2v) is 12.5. The van der Waals surface area contributed by atoms with Crippen LogP contribution in [-0.4, -0.2) is 24.1 Å². The number of hydrogen-bond acceptors (Lipinski definition) is 4. The number of ether oxygens (including phenoxy) is 2. The van der Waals surface area contributed by atoms with Gasteiger partial charge < -0.3 is 9.47 Å². The summed E-state index contributed by atoms with van der Waals surface area (Å²) in [6.45, 7) is 12.6. The molecule has 5 aliphatic carbocycles. The third kappa shape index (κ3) is 3.53. The highest BCUT2D eigenvalue weighted by Crippen LogP contribution is 2.68. The first-order chi connectivity index (χ1) is 13.4. The molecule has 5 rings (SSSR count). The number of carbonyl (C=O) groups is 2. The van der Waals surface area contributed by atoms with Crippen molar-refractivity contribution >= 4 is 11.9 Å². The van der Waals surface area contributed by atoms with E-state index in [1.807, 2.05) is 0 Å². The molecule has 0 aromatic carbocycles. The van der Waals surface area contributed by atoms with Gasteiger partial charge >= 0.3 is 11.9 Å². The quantitative estimate of drug-likeness (QED) is 0.546. The smallest absolute Gasteiger partial charge is 0.344 e. The molecule has 4 nitrogen and oxygen atoms in total. The Hall–Kier alpha value is -1.06. The van der Waals surface area contributed by atoms with Crippen LogP contribution >= 0.6 is 0 Å². The van der Waals surface area contributed by atoms with Gasteiger partial charge in [-0.05, 0) is 85.9 Å². The van der Waals surface area contributed by atoms with Crippen LogP contribution in [0.2, 0.25) is 0 Å². The zero-order valence-electron chi connectivity index (χ0n) is 19.3. The largest absolute Gasteiger partial charge is 0.456 e. The number of carbonyl (C=O) groups excluding carboxylic acids is 2. The van der Waals surface area contributed by atoms with Gasteiger partial charge in [-0.15, -0.1) is 0 Å². The molecule has 5 saturated carbocycles. The lowest BCUT2D eigenvalue weighted by Crippen LogP contribution is -2.59. The second kappa shape index (κ2) is 6.72. The Morgan fingerprint density at radius 2 is 1.48 bits per heavy atom. The summed E-state index contributed by atoms with van der Waals surface area (Å²) in [5.74, 6) is 2.10. The van der Waals surface area contributed by atoms with Crippen LogP contribution in [0.5, 0.6) is 0 Å². The maximum absolute atomic E-state index is 13.0. The van der Waals surface area contributed by atoms with Crippen molar-refractivity contribution < 1.29 is 19.1 Å². The van der Waals surface area contributed by atoms with Crippen LogP contribution in [0.25, 0.3) is 0 Å². The predicted octanol–water partition coefficient (Wildman–Crippen LogP) is 5.53. The molecule has 0 aromatic heterocycles. The van der Waals surface area contributed by atoms with Crippen LogP contribution < -0.4 is 0 Å². The Balaban J connectivity index is 1.38. The summed E-state index contributed by atoms with van der Waals surface area (Å²) >= 11 is 0. The first kappa shape index (κ1) is 21.2. The van der Waals surface area contributed by atoms with Crippen molar-refractivity contribution in [2.24, 2.45) is 39.9 Å². The summed E-state index contributed by atoms with van der Waals surface area (Å²) in [6.07, 6.45) is 8.69. The van der Waals surface area contributed by atoms with E-state index in [1.54, 1.807) is 0 Å². The highest BCUT2D eigenvalue weighted by atomic mass is 16.6. The summed E-state index contributed by atoms with van der Waals surface area (Å²) in [5.41, 5.74) is -0.803. The van der Waals surface area contributed by atoms with Crippen molar-refractivity contribution in [2.75, 3.05) is 6.61 Å². The Kier molecular flexibility index (Phi) is 4.91. The van der Waals surface area contributed by atoms with Crippen LogP contribution in [-0.2, 0) is 19.1 Å². The number of hydrogen-bond donors (Lipinski definition) is 0. The SMILES string of the molecule is CCC1(OC(=O)COC(=O)C2(CC(C)(C)C)CC2(C)C)C2CC3CC(C2)CC1C3. The van der Waals surface area contributed by atoms with E-state index in [-0.39, 0.29) is 35.0 Å². The van der Waals surface area contributed by atoms with Gasteiger partial charge in [0.1, 0.15) is 5.60 Å². The standard InChI is InChI=1S/C25H40O4/c1-7-25(18-9-16-8-17(11-18)12-19(25)10-16)29-20(26)13-28-21(27)24(14-22(2,3)4)15-23(24,5)6/h16-19H,7-15H2,1-6H3. The molecule has 0 aliphatic heterocycles. The van der Waals surface area contributed by atoms with E-state index in [9.17, 15) is 9.59 Å². The van der Waals surface area contributed by atoms with Crippen LogP contribution in [0.1, 0.15) is 92.9 Å². The van der Waals surface area contributed by atoms with E-state index >= 15 is 0 Å². The maximum Gasteiger partial charge on any atom is 0.344 e. The van der Waals surface area contributed by atoms with E-state index in [0.717, 1.165) is 31.1 Å². The van der Waals surface area contributed by atoms with Gasteiger partial charge in [-0.2, -0.15) is 0 Å². The first-order valence-electron chi connectivity index (χ1n) is 11.8. The minimum absolute atomic E-state index is 0.0416. The van der Waals surface area contributed by atoms with Gasteiger partial charge in [-0.25, -0.2) is 4.79 Å². The molecule has 5 fully saturated rings. The Bertz CT molecular complexity index is 657. The Morgan fingerprint density at radius 1 is 0.966 bits per heavy atom. The van der Waals surface area contributed by atoms with E-state index in [4.69, 9.17) is 9.47 Å². The maximum atomic E-state index is 13.0. The molecule has 0 radical (unpaired) electrons. The Labute approximate surface area is 176 Å². The van der Waals surface area contributed by atoms with Crippen molar-refractivity contribution in [3.8, 4) is 0 Å². The number of esters is 2. The topological polar surface area (TPSA) is 52.6 Å². The van der Waals surface area contributed by atoms with Crippen LogP contribution in [0.4, 0.5) is 0 Å². The molecule has 0 spiro atoms. The van der Waals surface area contributed by atoms with Crippen LogP contribution in [0.3, 0.4) is 0 Å². The van der Waals surface area contributed by atoms with Gasteiger partial charge in [0.15, 0.2) is 6.61 Å². The van der Waals surface area contributed by atoms with Crippen molar-refractivity contribution in [3.05, 3.63) is 0 Å². The molecule has 0 heterocycles. The molecule has 0 saturated heterocycles. The molecule has 0 amide bonds. The molecule has 29 heavy (non-hydrogen) atoms. The molecule has 5 aliphatic rings. The monoisotopic (exact) mass is 404 g/mol. The van der Waals surface area contributed by atoms with E-state index < -0.39 is 5.41 Å². The third-order valence-electron chi connectivity index (χ3n) is 8.83. The van der Waals surface area contributed by atoms with E-state index in [1.165, 1.54) is 32.1 Å². The molecular weight excluding hydrogens is 364 g/mol. The Morgan fingerprint density at radius 3 is 1.90 bits per heavy atom. The minimum atomic E-state index is -0.462. The van der Waals surface area contributed by atoms with Gasteiger partial charge in [0, 0.05) is 0 Å². The van der Waals surface area contributed by atoms with E-state index in [0.29, 0.717) is 11.8 Å². The van der Waals surface area contributed by atoms with Gasteiger partial charge in [0.05, 0.1) is 5.41 Å². The average molecular weight is 405 g/mol. The molecule has 1 atom stereocenters. The van der Waals surface area contributed by atoms with Crippen molar-refractivity contribution in [3.63, 3.8) is 0 Å². The number of rotatable bonds is 6. The van der Waals surface area contributed by atoms with Gasteiger partial charge in [0.2, 0.25) is 0 Å². The molecule has 4 heteroatoms. The second-order valence-electron chi connectivity index (χ2n) is 12.5. The summed E-state index contributed by atoms with van der Waals surface area (Å²) in [6, 6.07) is 0. The van der Waals surface area contributed by atoms with Crippen molar-refractivity contribution in [1.82, 2.24) is 0 Å². The van der Waals surface area contributed by atoms with Crippen LogP contribution in [0, 0.1) is 39.9 Å². The van der Waals surface area contributed by atoms with Gasteiger partial charge in [-0.1, -0.05) is 41.5 Å². The summed E-state index contributed by atoms with van der Waals surface area (Å²) < 4.78 is 11.8. The lowest BCUT2D eigenvalue weighted by Gasteiger charge is -2.60. The summed E-state index contributed by atoms with van der Waals surface area (Å²) in [7, 11) is 0. The first-order valence-corrected chi connectivity index (χ1v) is 11.8. The molecule has 1 unspecified atom stereocenters. The highest BCUT2D eigenvalue weighted by molar-refractivity contribution is 5.84. The average Bonchev–Trinajstić information content (AvgIpc) is 3.15. The fourth-order valence-electron chi connectivity index (χ4n) is 7.64. The zero-order valence-corrected chi connectivity index (χ0v) is 19.3. The lowest BCUT2D eigenvalue weighted by atomic mass is 9.49. The minimum Gasteiger partial charge on any atom is -0.456 e. The fourth-order valence-corrected chi connectivity index (χ4v) is 7.64. The molecule has 0 aromatic rings. The normalized spacial score (nSPS) is 41.9. The lowest BCUT2D eigenvalue weighted by molar-refractivity contribution is -0.214. The van der Waals surface area contributed by atoms with Gasteiger partial charge in [-0.3, -0.25) is 4.79 Å². The molecule has 164 valence electrons. The van der Waals surface area contributed by atoms with E-state index in [2.05, 4.69) is 41.5 Å². The summed E-state index contributed by atoms with van der Waals surface area (Å²) in [4.78, 5) is 25.8. The van der Waals surface area contributed by atoms with Crippen LogP contribution in [0.15, 0.2) is 0 Å². The molecule has 4 bridgehead atoms. The third-order valence-corrected chi connectivity index (χ3v) is 8.83. The van der Waals surface area contributed by atoms with Crippen molar-refractivity contribution in [1.29, 1.82) is 0 Å². The summed E-state index contributed by atoms with van der Waals surface area (Å²) in [5, 5.41) is 0. The predicted molar refractivity (Wildman–Crippen MR) is 112 cm³/mol.